The van der Waals surface area contributed by atoms with Crippen LogP contribution in [0.25, 0.3) is 10.6 Å². The third-order valence-corrected chi connectivity index (χ3v) is 3.34. The van der Waals surface area contributed by atoms with Gasteiger partial charge in [-0.15, -0.1) is 21.8 Å². The van der Waals surface area contributed by atoms with E-state index in [4.69, 9.17) is 11.6 Å². The molecule has 0 saturated heterocycles. The number of rotatable bonds is 3. The number of aromatic nitrogens is 2. The van der Waals surface area contributed by atoms with Gasteiger partial charge in [0.25, 0.3) is 0 Å². The highest BCUT2D eigenvalue weighted by molar-refractivity contribution is 7.14. The Morgan fingerprint density at radius 1 is 1.38 bits per heavy atom. The maximum atomic E-state index is 13.6. The largest absolute Gasteiger partial charge is 0.206 e. The van der Waals surface area contributed by atoms with Crippen LogP contribution < -0.4 is 0 Å². The van der Waals surface area contributed by atoms with E-state index in [1.165, 1.54) is 17.4 Å². The fourth-order valence-electron chi connectivity index (χ4n) is 1.34. The Balaban J connectivity index is 2.35. The van der Waals surface area contributed by atoms with Crippen LogP contribution in [0.2, 0.25) is 0 Å². The Hall–Kier alpha value is -1.00. The van der Waals surface area contributed by atoms with Gasteiger partial charge in [-0.05, 0) is 24.6 Å². The van der Waals surface area contributed by atoms with Gasteiger partial charge in [-0.25, -0.2) is 4.39 Å². The van der Waals surface area contributed by atoms with Gasteiger partial charge in [0.15, 0.2) is 5.01 Å². The lowest BCUT2D eigenvalue weighted by atomic mass is 10.1. The minimum absolute atomic E-state index is 0.256. The average Bonchev–Trinajstić information content (AvgIpc) is 2.67. The molecule has 0 aliphatic rings. The molecule has 1 aromatic heterocycles. The summed E-state index contributed by atoms with van der Waals surface area (Å²) in [4.78, 5) is 0. The molecule has 0 N–H and O–H groups in total. The molecule has 0 amide bonds. The van der Waals surface area contributed by atoms with Crippen LogP contribution >= 0.6 is 22.9 Å². The third-order valence-electron chi connectivity index (χ3n) is 2.13. The van der Waals surface area contributed by atoms with Gasteiger partial charge in [0.2, 0.25) is 0 Å². The van der Waals surface area contributed by atoms with E-state index in [0.717, 1.165) is 10.6 Å². The zero-order chi connectivity index (χ0) is 11.5. The van der Waals surface area contributed by atoms with E-state index in [1.54, 1.807) is 6.07 Å². The number of hydrogen-bond donors (Lipinski definition) is 0. The lowest BCUT2D eigenvalue weighted by Gasteiger charge is -1.98. The van der Waals surface area contributed by atoms with Crippen LogP contribution in [0, 0.1) is 12.7 Å². The zero-order valence-corrected chi connectivity index (χ0v) is 10.3. The van der Waals surface area contributed by atoms with Gasteiger partial charge in [0.05, 0.1) is 0 Å². The Kier molecular flexibility index (Phi) is 3.51. The SMILES string of the molecule is Cc1ccc(-c2nnc(CCCl)s2)c(F)c1. The van der Waals surface area contributed by atoms with E-state index in [2.05, 4.69) is 10.2 Å². The lowest BCUT2D eigenvalue weighted by molar-refractivity contribution is 0.630. The quantitative estimate of drug-likeness (QED) is 0.787. The van der Waals surface area contributed by atoms with Gasteiger partial charge in [-0.3, -0.25) is 0 Å². The second-order valence-corrected chi connectivity index (χ2v) is 4.86. The molecule has 1 aromatic carbocycles. The summed E-state index contributed by atoms with van der Waals surface area (Å²) in [5.41, 5.74) is 1.40. The van der Waals surface area contributed by atoms with Crippen molar-refractivity contribution in [3.63, 3.8) is 0 Å². The van der Waals surface area contributed by atoms with Crippen LogP contribution in [-0.2, 0) is 6.42 Å². The van der Waals surface area contributed by atoms with Crippen molar-refractivity contribution in [1.29, 1.82) is 0 Å². The smallest absolute Gasteiger partial charge is 0.150 e. The van der Waals surface area contributed by atoms with Crippen molar-refractivity contribution in [1.82, 2.24) is 10.2 Å². The first-order valence-corrected chi connectivity index (χ1v) is 6.20. The Bertz CT molecular complexity index is 498. The van der Waals surface area contributed by atoms with Crippen molar-refractivity contribution in [2.45, 2.75) is 13.3 Å². The fraction of sp³-hybridized carbons (Fsp3) is 0.273. The molecule has 0 fully saturated rings. The number of aryl methyl sites for hydroxylation is 2. The van der Waals surface area contributed by atoms with Gasteiger partial charge in [0.1, 0.15) is 10.8 Å². The Labute approximate surface area is 102 Å². The van der Waals surface area contributed by atoms with E-state index < -0.39 is 0 Å². The molecule has 16 heavy (non-hydrogen) atoms. The molecule has 1 heterocycles. The van der Waals surface area contributed by atoms with Crippen LogP contribution in [0.3, 0.4) is 0 Å². The van der Waals surface area contributed by atoms with Gasteiger partial charge in [-0.2, -0.15) is 0 Å². The maximum Gasteiger partial charge on any atom is 0.150 e. The minimum Gasteiger partial charge on any atom is -0.206 e. The first-order chi connectivity index (χ1) is 7.70. The normalized spacial score (nSPS) is 10.7. The molecule has 84 valence electrons. The summed E-state index contributed by atoms with van der Waals surface area (Å²) in [5, 5.41) is 9.38. The predicted octanol–water partition coefficient (Wildman–Crippen LogP) is 3.43. The van der Waals surface area contributed by atoms with Crippen molar-refractivity contribution < 1.29 is 4.39 Å². The molecule has 2 aromatic rings. The molecule has 0 aliphatic carbocycles. The maximum absolute atomic E-state index is 13.6. The third kappa shape index (κ3) is 2.39. The minimum atomic E-state index is -0.256. The first-order valence-electron chi connectivity index (χ1n) is 4.85. The monoisotopic (exact) mass is 256 g/mol. The van der Waals surface area contributed by atoms with E-state index in [9.17, 15) is 4.39 Å². The number of nitrogens with zero attached hydrogens (tertiary/aromatic N) is 2. The van der Waals surface area contributed by atoms with Gasteiger partial charge < -0.3 is 0 Å². The molecule has 0 aliphatic heterocycles. The summed E-state index contributed by atoms with van der Waals surface area (Å²) in [6.07, 6.45) is 0.673. The zero-order valence-electron chi connectivity index (χ0n) is 8.70. The summed E-state index contributed by atoms with van der Waals surface area (Å²) in [7, 11) is 0. The summed E-state index contributed by atoms with van der Waals surface area (Å²) >= 11 is 6.99. The average molecular weight is 257 g/mol. The van der Waals surface area contributed by atoms with E-state index in [0.29, 0.717) is 22.9 Å². The topological polar surface area (TPSA) is 25.8 Å². The Morgan fingerprint density at radius 3 is 2.88 bits per heavy atom. The molecule has 2 rings (SSSR count). The molecule has 0 spiro atoms. The predicted molar refractivity (Wildman–Crippen MR) is 64.5 cm³/mol. The molecule has 0 radical (unpaired) electrons. The molecule has 2 nitrogen and oxygen atoms in total. The van der Waals surface area contributed by atoms with Crippen LogP contribution in [0.4, 0.5) is 4.39 Å². The Morgan fingerprint density at radius 2 is 2.19 bits per heavy atom. The highest BCUT2D eigenvalue weighted by Crippen LogP contribution is 2.26. The summed E-state index contributed by atoms with van der Waals surface area (Å²) in [6, 6.07) is 5.09. The molecule has 0 saturated carbocycles. The number of hydrogen-bond acceptors (Lipinski definition) is 3. The van der Waals surface area contributed by atoms with Crippen molar-refractivity contribution in [3.8, 4) is 10.6 Å². The van der Waals surface area contributed by atoms with Crippen molar-refractivity contribution in [2.75, 3.05) is 5.88 Å². The number of benzene rings is 1. The van der Waals surface area contributed by atoms with Crippen molar-refractivity contribution >= 4 is 22.9 Å². The summed E-state index contributed by atoms with van der Waals surface area (Å²) in [5.74, 6) is 0.249. The van der Waals surface area contributed by atoms with E-state index in [1.807, 2.05) is 13.0 Å². The van der Waals surface area contributed by atoms with Gasteiger partial charge in [0, 0.05) is 17.9 Å². The number of alkyl halides is 1. The van der Waals surface area contributed by atoms with E-state index >= 15 is 0 Å². The van der Waals surface area contributed by atoms with Crippen LogP contribution in [0.15, 0.2) is 18.2 Å². The molecular formula is C11H10ClFN2S. The van der Waals surface area contributed by atoms with Crippen LogP contribution in [0.1, 0.15) is 10.6 Å². The van der Waals surface area contributed by atoms with E-state index in [-0.39, 0.29) is 5.82 Å². The molecule has 0 bridgehead atoms. The van der Waals surface area contributed by atoms with Crippen molar-refractivity contribution in [2.24, 2.45) is 0 Å². The second-order valence-electron chi connectivity index (χ2n) is 3.42. The summed E-state index contributed by atoms with van der Waals surface area (Å²) < 4.78 is 13.6. The van der Waals surface area contributed by atoms with Crippen molar-refractivity contribution in [3.05, 3.63) is 34.6 Å². The lowest BCUT2D eigenvalue weighted by Crippen LogP contribution is -1.85. The second kappa shape index (κ2) is 4.89. The highest BCUT2D eigenvalue weighted by Gasteiger charge is 2.10. The molecule has 5 heteroatoms. The standard InChI is InChI=1S/C11H10ClFN2S/c1-7-2-3-8(9(13)6-7)11-15-14-10(16-11)4-5-12/h2-3,6H,4-5H2,1H3. The van der Waals surface area contributed by atoms with Crippen LogP contribution in [-0.4, -0.2) is 16.1 Å². The number of halogens is 2. The van der Waals surface area contributed by atoms with Gasteiger partial charge >= 0.3 is 0 Å². The first kappa shape index (κ1) is 11.5. The molecule has 0 atom stereocenters. The van der Waals surface area contributed by atoms with Gasteiger partial charge in [-0.1, -0.05) is 17.4 Å². The summed E-state index contributed by atoms with van der Waals surface area (Å²) in [6.45, 7) is 1.85. The molecule has 0 unspecified atom stereocenters. The molecular weight excluding hydrogens is 247 g/mol. The highest BCUT2D eigenvalue weighted by atomic mass is 35.5. The fourth-order valence-corrected chi connectivity index (χ4v) is 2.50. The van der Waals surface area contributed by atoms with Crippen LogP contribution in [0.5, 0.6) is 0 Å².